The van der Waals surface area contributed by atoms with E-state index in [1.54, 1.807) is 30.1 Å². The molecule has 0 spiro atoms. The zero-order valence-corrected chi connectivity index (χ0v) is 16.9. The number of nitrogens with zero attached hydrogens (tertiary/aromatic N) is 3. The molecule has 0 aliphatic rings. The van der Waals surface area contributed by atoms with Gasteiger partial charge in [-0.05, 0) is 29.1 Å². The van der Waals surface area contributed by atoms with Gasteiger partial charge in [0.05, 0.1) is 17.1 Å². The van der Waals surface area contributed by atoms with Gasteiger partial charge in [0.2, 0.25) is 0 Å². The number of benzene rings is 2. The van der Waals surface area contributed by atoms with Gasteiger partial charge < -0.3 is 0 Å². The summed E-state index contributed by atoms with van der Waals surface area (Å²) in [7, 11) is -2.20. The van der Waals surface area contributed by atoms with Crippen molar-refractivity contribution in [3.8, 4) is 10.6 Å². The number of aromatic nitrogens is 2. The van der Waals surface area contributed by atoms with Gasteiger partial charge in [0.1, 0.15) is 10.6 Å². The maximum atomic E-state index is 13.4. The van der Waals surface area contributed by atoms with Crippen LogP contribution < -0.4 is 4.31 Å². The van der Waals surface area contributed by atoms with E-state index in [-0.39, 0.29) is 4.90 Å². The molecule has 0 radical (unpaired) electrons. The summed E-state index contributed by atoms with van der Waals surface area (Å²) in [5.74, 6) is 0. The van der Waals surface area contributed by atoms with Gasteiger partial charge in [0, 0.05) is 13.2 Å². The van der Waals surface area contributed by atoms with Crippen molar-refractivity contribution in [3.63, 3.8) is 0 Å². The van der Waals surface area contributed by atoms with E-state index in [0.29, 0.717) is 17.9 Å². The van der Waals surface area contributed by atoms with Crippen LogP contribution in [0, 0.1) is 0 Å². The van der Waals surface area contributed by atoms with Crippen molar-refractivity contribution in [2.24, 2.45) is 0 Å². The Morgan fingerprint density at radius 2 is 1.64 bits per heavy atom. The van der Waals surface area contributed by atoms with Crippen LogP contribution in [0.25, 0.3) is 10.6 Å². The normalized spacial score (nSPS) is 11.5. The molecule has 0 amide bonds. The van der Waals surface area contributed by atoms with Crippen molar-refractivity contribution in [1.82, 2.24) is 9.78 Å². The summed E-state index contributed by atoms with van der Waals surface area (Å²) in [5, 5.41) is 6.53. The molecule has 0 saturated heterocycles. The molecule has 0 aliphatic carbocycles. The van der Waals surface area contributed by atoms with Crippen LogP contribution in [0.5, 0.6) is 0 Å². The van der Waals surface area contributed by atoms with E-state index < -0.39 is 10.0 Å². The molecule has 28 heavy (non-hydrogen) atoms. The Labute approximate surface area is 168 Å². The minimum absolute atomic E-state index is 0.206. The molecule has 0 unspecified atom stereocenters. The van der Waals surface area contributed by atoms with Crippen molar-refractivity contribution in [3.05, 3.63) is 89.9 Å². The minimum Gasteiger partial charge on any atom is -0.269 e. The number of para-hydroxylation sites is 1. The third-order valence-electron chi connectivity index (χ3n) is 4.43. The predicted octanol–water partition coefficient (Wildman–Crippen LogP) is 4.49. The fraction of sp³-hybridized carbons (Fsp3) is 0.0952. The quantitative estimate of drug-likeness (QED) is 0.472. The lowest BCUT2D eigenvalue weighted by Crippen LogP contribution is -2.26. The van der Waals surface area contributed by atoms with Crippen LogP contribution in [0.4, 0.5) is 5.69 Å². The predicted molar refractivity (Wildman–Crippen MR) is 113 cm³/mol. The molecule has 4 rings (SSSR count). The van der Waals surface area contributed by atoms with Crippen molar-refractivity contribution in [2.75, 3.05) is 11.4 Å². The van der Waals surface area contributed by atoms with E-state index >= 15 is 0 Å². The van der Waals surface area contributed by atoms with Crippen LogP contribution in [0.15, 0.2) is 89.3 Å². The highest BCUT2D eigenvalue weighted by atomic mass is 32.2. The topological polar surface area (TPSA) is 55.2 Å². The number of thiophene rings is 1. The maximum Gasteiger partial charge on any atom is 0.267 e. The maximum absolute atomic E-state index is 13.4. The summed E-state index contributed by atoms with van der Waals surface area (Å²) in [6.07, 6.45) is 1.62. The van der Waals surface area contributed by atoms with Crippen LogP contribution in [-0.2, 0) is 16.6 Å². The van der Waals surface area contributed by atoms with Gasteiger partial charge in [-0.2, -0.15) is 5.10 Å². The van der Waals surface area contributed by atoms with Gasteiger partial charge in [-0.1, -0.05) is 54.6 Å². The van der Waals surface area contributed by atoms with Gasteiger partial charge in [-0.3, -0.25) is 8.99 Å². The van der Waals surface area contributed by atoms with Crippen molar-refractivity contribution >= 4 is 27.0 Å². The van der Waals surface area contributed by atoms with Crippen LogP contribution in [0.2, 0.25) is 0 Å². The fourth-order valence-electron chi connectivity index (χ4n) is 2.95. The van der Waals surface area contributed by atoms with Gasteiger partial charge in [0.15, 0.2) is 0 Å². The first kappa shape index (κ1) is 18.5. The van der Waals surface area contributed by atoms with Crippen molar-refractivity contribution in [2.45, 2.75) is 11.4 Å². The Balaban J connectivity index is 1.78. The lowest BCUT2D eigenvalue weighted by atomic mass is 10.2. The second kappa shape index (κ2) is 7.61. The van der Waals surface area contributed by atoms with E-state index in [2.05, 4.69) is 5.10 Å². The third-order valence-corrected chi connectivity index (χ3v) is 7.09. The second-order valence-corrected chi connectivity index (χ2v) is 9.20. The number of anilines is 1. The highest BCUT2D eigenvalue weighted by Gasteiger charge is 2.28. The summed E-state index contributed by atoms with van der Waals surface area (Å²) < 4.78 is 29.8. The highest BCUT2D eigenvalue weighted by Crippen LogP contribution is 2.32. The Morgan fingerprint density at radius 3 is 2.29 bits per heavy atom. The Hall–Kier alpha value is -2.90. The summed E-state index contributed by atoms with van der Waals surface area (Å²) >= 11 is 1.47. The molecule has 7 heteroatoms. The van der Waals surface area contributed by atoms with Gasteiger partial charge >= 0.3 is 0 Å². The molecule has 0 N–H and O–H groups in total. The number of sulfonamides is 1. The average molecular weight is 410 g/mol. The van der Waals surface area contributed by atoms with E-state index in [9.17, 15) is 8.42 Å². The molecular formula is C21H19N3O2S2. The Bertz CT molecular complexity index is 1150. The molecule has 0 saturated carbocycles. The molecule has 142 valence electrons. The lowest BCUT2D eigenvalue weighted by molar-refractivity contribution is 0.594. The summed E-state index contributed by atoms with van der Waals surface area (Å²) in [6.45, 7) is 0.504. The molecule has 4 aromatic rings. The van der Waals surface area contributed by atoms with Crippen LogP contribution in [0.1, 0.15) is 5.56 Å². The summed E-state index contributed by atoms with van der Waals surface area (Å²) in [4.78, 5) is 1.03. The molecule has 0 atom stereocenters. The van der Waals surface area contributed by atoms with E-state index in [4.69, 9.17) is 0 Å². The van der Waals surface area contributed by atoms with Gasteiger partial charge in [0.25, 0.3) is 10.0 Å². The van der Waals surface area contributed by atoms with Crippen molar-refractivity contribution < 1.29 is 8.42 Å². The largest absolute Gasteiger partial charge is 0.269 e. The number of rotatable bonds is 6. The van der Waals surface area contributed by atoms with Gasteiger partial charge in [-0.15, -0.1) is 11.3 Å². The molecule has 2 aromatic carbocycles. The number of hydrogen-bond donors (Lipinski definition) is 0. The van der Waals surface area contributed by atoms with Crippen LogP contribution >= 0.6 is 11.3 Å². The van der Waals surface area contributed by atoms with Crippen LogP contribution in [0.3, 0.4) is 0 Å². The fourth-order valence-corrected chi connectivity index (χ4v) is 5.08. The molecular weight excluding hydrogens is 390 g/mol. The first-order valence-corrected chi connectivity index (χ1v) is 11.1. The monoisotopic (exact) mass is 409 g/mol. The lowest BCUT2D eigenvalue weighted by Gasteiger charge is -2.19. The van der Waals surface area contributed by atoms with E-state index in [1.807, 2.05) is 66.0 Å². The highest BCUT2D eigenvalue weighted by molar-refractivity contribution is 7.93. The molecule has 2 heterocycles. The SMILES string of the molecule is CN(c1ccccc1)S(=O)(=O)c1cn(Cc2ccccc2)nc1-c1cccs1. The zero-order chi connectivity index (χ0) is 19.6. The van der Waals surface area contributed by atoms with E-state index in [1.165, 1.54) is 15.6 Å². The standard InChI is InChI=1S/C21H19N3O2S2/c1-23(18-11-6-3-7-12-18)28(25,26)20-16-24(15-17-9-4-2-5-10-17)22-21(20)19-13-8-14-27-19/h2-14,16H,15H2,1H3. The molecule has 5 nitrogen and oxygen atoms in total. The first-order chi connectivity index (χ1) is 13.6. The van der Waals surface area contributed by atoms with Gasteiger partial charge in [-0.25, -0.2) is 8.42 Å². The van der Waals surface area contributed by atoms with Crippen LogP contribution in [-0.4, -0.2) is 25.2 Å². The smallest absolute Gasteiger partial charge is 0.267 e. The number of hydrogen-bond acceptors (Lipinski definition) is 4. The summed E-state index contributed by atoms with van der Waals surface area (Å²) in [5.41, 5.74) is 2.15. The van der Waals surface area contributed by atoms with Crippen molar-refractivity contribution in [1.29, 1.82) is 0 Å². The second-order valence-electron chi connectivity index (χ2n) is 6.31. The Kier molecular flexibility index (Phi) is 5.02. The molecule has 2 aromatic heterocycles. The summed E-state index contributed by atoms with van der Waals surface area (Å²) in [6, 6.07) is 22.7. The molecule has 0 fully saturated rings. The molecule has 0 aliphatic heterocycles. The first-order valence-electron chi connectivity index (χ1n) is 8.75. The van der Waals surface area contributed by atoms with E-state index in [0.717, 1.165) is 10.4 Å². The third kappa shape index (κ3) is 3.58. The Morgan fingerprint density at radius 1 is 0.964 bits per heavy atom. The average Bonchev–Trinajstić information content (AvgIpc) is 3.39. The molecule has 0 bridgehead atoms. The minimum atomic E-state index is -3.76. The zero-order valence-electron chi connectivity index (χ0n) is 15.3.